The van der Waals surface area contributed by atoms with Crippen LogP contribution in [-0.4, -0.2) is 19.0 Å². The van der Waals surface area contributed by atoms with Crippen LogP contribution in [-0.2, 0) is 4.79 Å². The molecule has 0 aromatic rings. The first-order chi connectivity index (χ1) is 5.79. The monoisotopic (exact) mass is 168 g/mol. The molecule has 0 aromatic heterocycles. The van der Waals surface area contributed by atoms with E-state index >= 15 is 0 Å². The van der Waals surface area contributed by atoms with Gasteiger partial charge in [-0.15, -0.1) is 0 Å². The summed E-state index contributed by atoms with van der Waals surface area (Å²) in [5, 5.41) is 3.36. The largest absolute Gasteiger partial charge is 0.369 e. The minimum absolute atomic E-state index is 0.0776. The van der Waals surface area contributed by atoms with Crippen molar-refractivity contribution < 1.29 is 4.79 Å². The van der Waals surface area contributed by atoms with E-state index in [4.69, 9.17) is 5.73 Å². The van der Waals surface area contributed by atoms with E-state index < -0.39 is 0 Å². The third-order valence-corrected chi connectivity index (χ3v) is 3.35. The van der Waals surface area contributed by atoms with E-state index in [0.717, 1.165) is 19.5 Å². The van der Waals surface area contributed by atoms with Crippen LogP contribution in [0.25, 0.3) is 0 Å². The number of hydrogen-bond acceptors (Lipinski definition) is 2. The molecule has 1 saturated carbocycles. The molecule has 1 aliphatic carbocycles. The zero-order chi connectivity index (χ0) is 8.55. The summed E-state index contributed by atoms with van der Waals surface area (Å²) >= 11 is 0. The lowest BCUT2D eigenvalue weighted by molar-refractivity contribution is -0.123. The Morgan fingerprint density at radius 3 is 2.75 bits per heavy atom. The lowest BCUT2D eigenvalue weighted by Crippen LogP contribution is -2.32. The van der Waals surface area contributed by atoms with Crippen LogP contribution >= 0.6 is 0 Å². The molecule has 1 heterocycles. The van der Waals surface area contributed by atoms with E-state index in [1.165, 1.54) is 12.8 Å². The summed E-state index contributed by atoms with van der Waals surface area (Å²) < 4.78 is 0. The van der Waals surface area contributed by atoms with E-state index in [2.05, 4.69) is 5.32 Å². The van der Waals surface area contributed by atoms with Crippen LogP contribution in [0, 0.1) is 17.8 Å². The van der Waals surface area contributed by atoms with E-state index in [0.29, 0.717) is 11.8 Å². The molecule has 2 rings (SSSR count). The van der Waals surface area contributed by atoms with Gasteiger partial charge in [0.25, 0.3) is 0 Å². The first-order valence-electron chi connectivity index (χ1n) is 4.79. The highest BCUT2D eigenvalue weighted by molar-refractivity contribution is 5.77. The zero-order valence-electron chi connectivity index (χ0n) is 7.25. The second kappa shape index (κ2) is 3.05. The van der Waals surface area contributed by atoms with Gasteiger partial charge in [0.15, 0.2) is 0 Å². The average molecular weight is 168 g/mol. The van der Waals surface area contributed by atoms with Crippen LogP contribution < -0.4 is 11.1 Å². The summed E-state index contributed by atoms with van der Waals surface area (Å²) in [7, 11) is 0. The molecule has 68 valence electrons. The van der Waals surface area contributed by atoms with E-state index in [1.54, 1.807) is 0 Å². The predicted octanol–water partition coefficient (Wildman–Crippen LogP) is 0.107. The number of nitrogens with two attached hydrogens (primary N) is 1. The van der Waals surface area contributed by atoms with Crippen molar-refractivity contribution in [3.63, 3.8) is 0 Å². The topological polar surface area (TPSA) is 55.1 Å². The van der Waals surface area contributed by atoms with Crippen LogP contribution in [0.1, 0.15) is 19.3 Å². The third-order valence-electron chi connectivity index (χ3n) is 3.35. The van der Waals surface area contributed by atoms with Crippen LogP contribution in [0.4, 0.5) is 0 Å². The van der Waals surface area contributed by atoms with Gasteiger partial charge in [-0.05, 0) is 44.2 Å². The number of amides is 1. The molecule has 12 heavy (non-hydrogen) atoms. The van der Waals surface area contributed by atoms with Crippen molar-refractivity contribution in [1.82, 2.24) is 5.32 Å². The zero-order valence-corrected chi connectivity index (χ0v) is 7.25. The second-order valence-corrected chi connectivity index (χ2v) is 4.02. The van der Waals surface area contributed by atoms with Gasteiger partial charge < -0.3 is 11.1 Å². The van der Waals surface area contributed by atoms with Crippen molar-refractivity contribution in [2.45, 2.75) is 19.3 Å². The van der Waals surface area contributed by atoms with Crippen LogP contribution in [0.3, 0.4) is 0 Å². The van der Waals surface area contributed by atoms with Crippen molar-refractivity contribution >= 4 is 5.91 Å². The van der Waals surface area contributed by atoms with E-state index in [1.807, 2.05) is 0 Å². The number of primary amides is 1. The number of fused-ring (bicyclic) bond motifs is 2. The van der Waals surface area contributed by atoms with Crippen LogP contribution in [0.15, 0.2) is 0 Å². The SMILES string of the molecule is NC(=O)C1C2CCNCC1CC2. The minimum atomic E-state index is -0.0776. The van der Waals surface area contributed by atoms with Gasteiger partial charge in [-0.25, -0.2) is 0 Å². The van der Waals surface area contributed by atoms with Gasteiger partial charge in [0.05, 0.1) is 0 Å². The van der Waals surface area contributed by atoms with Gasteiger partial charge in [-0.1, -0.05) is 0 Å². The van der Waals surface area contributed by atoms with Gasteiger partial charge in [0.2, 0.25) is 5.91 Å². The highest BCUT2D eigenvalue weighted by Crippen LogP contribution is 2.39. The predicted molar refractivity (Wildman–Crippen MR) is 46.4 cm³/mol. The molecule has 1 saturated heterocycles. The van der Waals surface area contributed by atoms with Crippen molar-refractivity contribution in [2.75, 3.05) is 13.1 Å². The summed E-state index contributed by atoms with van der Waals surface area (Å²) in [6.07, 6.45) is 3.52. The molecule has 3 atom stereocenters. The average Bonchev–Trinajstić information content (AvgIpc) is 2.24. The Kier molecular flexibility index (Phi) is 2.05. The molecular weight excluding hydrogens is 152 g/mol. The maximum absolute atomic E-state index is 11.2. The molecule has 3 heteroatoms. The fraction of sp³-hybridized carbons (Fsp3) is 0.889. The quantitative estimate of drug-likeness (QED) is 0.583. The van der Waals surface area contributed by atoms with E-state index in [9.17, 15) is 4.79 Å². The molecule has 3 unspecified atom stereocenters. The number of carbonyl (C=O) groups excluding carboxylic acids is 1. The van der Waals surface area contributed by atoms with Crippen molar-refractivity contribution in [3.05, 3.63) is 0 Å². The first-order valence-corrected chi connectivity index (χ1v) is 4.79. The summed E-state index contributed by atoms with van der Waals surface area (Å²) in [6, 6.07) is 0. The molecule has 1 amide bonds. The van der Waals surface area contributed by atoms with Crippen LogP contribution in [0.5, 0.6) is 0 Å². The highest BCUT2D eigenvalue weighted by Gasteiger charge is 2.40. The highest BCUT2D eigenvalue weighted by atomic mass is 16.1. The molecule has 2 bridgehead atoms. The molecule has 2 fully saturated rings. The van der Waals surface area contributed by atoms with Gasteiger partial charge in [-0.2, -0.15) is 0 Å². The Labute approximate surface area is 72.7 Å². The van der Waals surface area contributed by atoms with Gasteiger partial charge >= 0.3 is 0 Å². The lowest BCUT2D eigenvalue weighted by atomic mass is 9.88. The first kappa shape index (κ1) is 8.05. The number of nitrogens with one attached hydrogen (secondary N) is 1. The Morgan fingerprint density at radius 2 is 2.00 bits per heavy atom. The molecular formula is C9H16N2O. The third kappa shape index (κ3) is 1.22. The number of carbonyl (C=O) groups is 1. The summed E-state index contributed by atoms with van der Waals surface area (Å²) in [5.74, 6) is 1.18. The fourth-order valence-corrected chi connectivity index (χ4v) is 2.76. The summed E-state index contributed by atoms with van der Waals surface area (Å²) in [5.41, 5.74) is 5.39. The fourth-order valence-electron chi connectivity index (χ4n) is 2.76. The maximum atomic E-state index is 11.2. The van der Waals surface area contributed by atoms with Crippen molar-refractivity contribution in [1.29, 1.82) is 0 Å². The Balaban J connectivity index is 2.14. The summed E-state index contributed by atoms with van der Waals surface area (Å²) in [6.45, 7) is 2.05. The van der Waals surface area contributed by atoms with Gasteiger partial charge in [-0.3, -0.25) is 4.79 Å². The summed E-state index contributed by atoms with van der Waals surface area (Å²) in [4.78, 5) is 11.2. The van der Waals surface area contributed by atoms with Gasteiger partial charge in [0, 0.05) is 5.92 Å². The van der Waals surface area contributed by atoms with Crippen molar-refractivity contribution in [3.8, 4) is 0 Å². The molecule has 3 nitrogen and oxygen atoms in total. The number of rotatable bonds is 1. The molecule has 0 radical (unpaired) electrons. The lowest BCUT2D eigenvalue weighted by Gasteiger charge is -2.17. The minimum Gasteiger partial charge on any atom is -0.369 e. The van der Waals surface area contributed by atoms with Crippen molar-refractivity contribution in [2.24, 2.45) is 23.5 Å². The standard InChI is InChI=1S/C9H16N2O/c10-9(12)8-6-1-2-7(8)5-11-4-3-6/h6-8,11H,1-5H2,(H2,10,12). The Morgan fingerprint density at radius 1 is 1.25 bits per heavy atom. The molecule has 3 N–H and O–H groups in total. The normalized spacial score (nSPS) is 40.8. The molecule has 0 aromatic carbocycles. The maximum Gasteiger partial charge on any atom is 0.221 e. The van der Waals surface area contributed by atoms with Gasteiger partial charge in [0.1, 0.15) is 0 Å². The van der Waals surface area contributed by atoms with Crippen LogP contribution in [0.2, 0.25) is 0 Å². The second-order valence-electron chi connectivity index (χ2n) is 4.02. The molecule has 0 spiro atoms. The molecule has 2 aliphatic rings. The Bertz CT molecular complexity index is 179. The number of hydrogen-bond donors (Lipinski definition) is 2. The van der Waals surface area contributed by atoms with E-state index in [-0.39, 0.29) is 11.8 Å². The smallest absolute Gasteiger partial charge is 0.221 e. The molecule has 1 aliphatic heterocycles. The Hall–Kier alpha value is -0.570.